The molecule has 6 heteroatoms. The van der Waals surface area contributed by atoms with Crippen LogP contribution in [0.2, 0.25) is 0 Å². The summed E-state index contributed by atoms with van der Waals surface area (Å²) in [5.74, 6) is 0. The van der Waals surface area contributed by atoms with Gasteiger partial charge >= 0.3 is 0 Å². The Morgan fingerprint density at radius 2 is 2.32 bits per heavy atom. The third-order valence-electron chi connectivity index (χ3n) is 2.84. The predicted molar refractivity (Wildman–Crippen MR) is 79.4 cm³/mol. The number of aryl methyl sites for hydroxylation is 1. The van der Waals surface area contributed by atoms with Crippen molar-refractivity contribution in [2.24, 2.45) is 0 Å². The zero-order valence-corrected chi connectivity index (χ0v) is 11.2. The van der Waals surface area contributed by atoms with E-state index in [0.29, 0.717) is 0 Å². The smallest absolute Gasteiger partial charge is 0.183 e. The number of nitrogen functional groups attached to an aromatic ring is 1. The van der Waals surface area contributed by atoms with Crippen LogP contribution in [0.25, 0.3) is 10.2 Å². The van der Waals surface area contributed by atoms with E-state index in [9.17, 15) is 0 Å². The van der Waals surface area contributed by atoms with Crippen LogP contribution in [0, 0.1) is 0 Å². The van der Waals surface area contributed by atoms with Gasteiger partial charge in [-0.2, -0.15) is 0 Å². The molecule has 19 heavy (non-hydrogen) atoms. The summed E-state index contributed by atoms with van der Waals surface area (Å²) in [7, 11) is 0. The average molecular weight is 273 g/mol. The Balaban J connectivity index is 1.56. The van der Waals surface area contributed by atoms with Crippen LogP contribution in [0.4, 0.5) is 10.8 Å². The number of nitrogens with two attached hydrogens (primary N) is 1. The summed E-state index contributed by atoms with van der Waals surface area (Å²) < 4.78 is 3.19. The molecule has 0 radical (unpaired) electrons. The van der Waals surface area contributed by atoms with Crippen molar-refractivity contribution in [3.63, 3.8) is 0 Å². The molecule has 0 aliphatic carbocycles. The second-order valence-electron chi connectivity index (χ2n) is 4.33. The molecule has 2 heterocycles. The normalized spacial score (nSPS) is 10.9. The van der Waals surface area contributed by atoms with Crippen LogP contribution < -0.4 is 11.1 Å². The van der Waals surface area contributed by atoms with Gasteiger partial charge in [-0.3, -0.25) is 0 Å². The van der Waals surface area contributed by atoms with Crippen molar-refractivity contribution in [3.05, 3.63) is 36.9 Å². The molecule has 0 saturated heterocycles. The maximum absolute atomic E-state index is 5.76. The Morgan fingerprint density at radius 1 is 1.37 bits per heavy atom. The lowest BCUT2D eigenvalue weighted by Gasteiger charge is -2.02. The molecule has 1 aromatic carbocycles. The Morgan fingerprint density at radius 3 is 3.16 bits per heavy atom. The van der Waals surface area contributed by atoms with Crippen molar-refractivity contribution >= 4 is 32.4 Å². The minimum absolute atomic E-state index is 0.780. The summed E-state index contributed by atoms with van der Waals surface area (Å²) in [6.45, 7) is 1.86. The molecule has 3 rings (SSSR count). The summed E-state index contributed by atoms with van der Waals surface area (Å²) in [6, 6.07) is 5.80. The lowest BCUT2D eigenvalue weighted by molar-refractivity contribution is 0.660. The van der Waals surface area contributed by atoms with Gasteiger partial charge < -0.3 is 15.6 Å². The van der Waals surface area contributed by atoms with Crippen LogP contribution in [-0.2, 0) is 6.54 Å². The maximum atomic E-state index is 5.76. The van der Waals surface area contributed by atoms with Gasteiger partial charge in [-0.05, 0) is 24.6 Å². The molecule has 0 aliphatic rings. The summed E-state index contributed by atoms with van der Waals surface area (Å²) >= 11 is 1.64. The van der Waals surface area contributed by atoms with Gasteiger partial charge in [0, 0.05) is 31.2 Å². The highest BCUT2D eigenvalue weighted by Gasteiger charge is 2.03. The molecule has 0 aliphatic heterocycles. The van der Waals surface area contributed by atoms with Crippen LogP contribution in [0.3, 0.4) is 0 Å². The number of nitrogens with zero attached hydrogens (tertiary/aromatic N) is 3. The summed E-state index contributed by atoms with van der Waals surface area (Å²) in [5.41, 5.74) is 7.54. The Labute approximate surface area is 115 Å². The highest BCUT2D eigenvalue weighted by molar-refractivity contribution is 7.22. The molecular weight excluding hydrogens is 258 g/mol. The van der Waals surface area contributed by atoms with E-state index >= 15 is 0 Å². The fraction of sp³-hybridized carbons (Fsp3) is 0.231. The molecule has 98 valence electrons. The lowest BCUT2D eigenvalue weighted by atomic mass is 10.3. The van der Waals surface area contributed by atoms with E-state index in [4.69, 9.17) is 5.73 Å². The van der Waals surface area contributed by atoms with Crippen molar-refractivity contribution in [1.82, 2.24) is 14.5 Å². The number of hydrogen-bond donors (Lipinski definition) is 2. The Bertz CT molecular complexity index is 659. The molecule has 0 atom stereocenters. The van der Waals surface area contributed by atoms with E-state index < -0.39 is 0 Å². The summed E-state index contributed by atoms with van der Waals surface area (Å²) in [6.07, 6.45) is 6.64. The molecule has 3 aromatic rings. The van der Waals surface area contributed by atoms with Gasteiger partial charge in [0.1, 0.15) is 0 Å². The number of thiazole rings is 1. The topological polar surface area (TPSA) is 68.8 Å². The molecule has 0 bridgehead atoms. The van der Waals surface area contributed by atoms with E-state index in [-0.39, 0.29) is 0 Å². The molecular formula is C13H15N5S. The molecule has 3 N–H and O–H groups in total. The van der Waals surface area contributed by atoms with Crippen LogP contribution in [-0.4, -0.2) is 21.1 Å². The van der Waals surface area contributed by atoms with Crippen LogP contribution in [0.1, 0.15) is 6.42 Å². The van der Waals surface area contributed by atoms with Gasteiger partial charge in [-0.15, -0.1) is 0 Å². The molecule has 0 fully saturated rings. The summed E-state index contributed by atoms with van der Waals surface area (Å²) in [4.78, 5) is 8.54. The molecule has 0 spiro atoms. The van der Waals surface area contributed by atoms with E-state index in [1.165, 1.54) is 0 Å². The quantitative estimate of drug-likeness (QED) is 0.554. The van der Waals surface area contributed by atoms with E-state index in [0.717, 1.165) is 40.5 Å². The second kappa shape index (κ2) is 5.27. The van der Waals surface area contributed by atoms with Gasteiger partial charge in [0.05, 0.1) is 16.5 Å². The first kappa shape index (κ1) is 12.0. The third-order valence-corrected chi connectivity index (χ3v) is 3.82. The van der Waals surface area contributed by atoms with Crippen molar-refractivity contribution in [1.29, 1.82) is 0 Å². The second-order valence-corrected chi connectivity index (χ2v) is 5.36. The largest absolute Gasteiger partial charge is 0.399 e. The van der Waals surface area contributed by atoms with E-state index in [1.807, 2.05) is 30.7 Å². The first-order chi connectivity index (χ1) is 9.31. The van der Waals surface area contributed by atoms with Crippen molar-refractivity contribution in [2.45, 2.75) is 13.0 Å². The summed E-state index contributed by atoms with van der Waals surface area (Å²) in [5, 5.41) is 4.30. The zero-order chi connectivity index (χ0) is 13.1. The van der Waals surface area contributed by atoms with Gasteiger partial charge in [0.2, 0.25) is 0 Å². The number of anilines is 2. The SMILES string of the molecule is Nc1ccc2nc(NCCCn3ccnc3)sc2c1. The average Bonchev–Trinajstić information content (AvgIpc) is 3.02. The standard InChI is InChI=1S/C13H15N5S/c14-10-2-3-11-12(8-10)19-13(17-11)16-4-1-6-18-7-5-15-9-18/h2-3,5,7-9H,1,4,6,14H2,(H,16,17). The van der Waals surface area contributed by atoms with Crippen molar-refractivity contribution < 1.29 is 0 Å². The Hall–Kier alpha value is -2.08. The first-order valence-electron chi connectivity index (χ1n) is 6.17. The molecule has 0 amide bonds. The molecule has 0 unspecified atom stereocenters. The number of rotatable bonds is 5. The zero-order valence-electron chi connectivity index (χ0n) is 10.4. The van der Waals surface area contributed by atoms with Gasteiger partial charge in [0.15, 0.2) is 5.13 Å². The highest BCUT2D eigenvalue weighted by atomic mass is 32.1. The molecule has 0 saturated carbocycles. The minimum atomic E-state index is 0.780. The molecule has 5 nitrogen and oxygen atoms in total. The number of benzene rings is 1. The number of nitrogens with one attached hydrogen (secondary N) is 1. The fourth-order valence-electron chi connectivity index (χ4n) is 1.89. The monoisotopic (exact) mass is 273 g/mol. The fourth-order valence-corrected chi connectivity index (χ4v) is 2.83. The van der Waals surface area contributed by atoms with E-state index in [2.05, 4.69) is 19.9 Å². The lowest BCUT2D eigenvalue weighted by Crippen LogP contribution is -2.05. The van der Waals surface area contributed by atoms with Crippen LogP contribution >= 0.6 is 11.3 Å². The van der Waals surface area contributed by atoms with Gasteiger partial charge in [0.25, 0.3) is 0 Å². The van der Waals surface area contributed by atoms with Crippen LogP contribution in [0.5, 0.6) is 0 Å². The number of hydrogen-bond acceptors (Lipinski definition) is 5. The molecule has 2 aromatic heterocycles. The van der Waals surface area contributed by atoms with Gasteiger partial charge in [-0.25, -0.2) is 9.97 Å². The van der Waals surface area contributed by atoms with Crippen LogP contribution in [0.15, 0.2) is 36.9 Å². The third kappa shape index (κ3) is 2.85. The number of imidazole rings is 1. The maximum Gasteiger partial charge on any atom is 0.183 e. The minimum Gasteiger partial charge on any atom is -0.399 e. The number of fused-ring (bicyclic) bond motifs is 1. The van der Waals surface area contributed by atoms with Crippen molar-refractivity contribution in [3.8, 4) is 0 Å². The van der Waals surface area contributed by atoms with Crippen molar-refractivity contribution in [2.75, 3.05) is 17.6 Å². The Kier molecular flexibility index (Phi) is 3.33. The first-order valence-corrected chi connectivity index (χ1v) is 6.98. The predicted octanol–water partition coefficient (Wildman–Crippen LogP) is 2.58. The number of aromatic nitrogens is 3. The highest BCUT2D eigenvalue weighted by Crippen LogP contribution is 2.27. The van der Waals surface area contributed by atoms with Gasteiger partial charge in [-0.1, -0.05) is 11.3 Å². The van der Waals surface area contributed by atoms with E-state index in [1.54, 1.807) is 17.5 Å².